The zero-order valence-electron chi connectivity index (χ0n) is 22.0. The van der Waals surface area contributed by atoms with Gasteiger partial charge >= 0.3 is 0 Å². The number of hydrogen-bond acceptors (Lipinski definition) is 6. The third kappa shape index (κ3) is 6.50. The number of carbonyl (C=O) groups is 5. The van der Waals surface area contributed by atoms with E-state index in [4.69, 9.17) is 0 Å². The van der Waals surface area contributed by atoms with Crippen LogP contribution in [0.5, 0.6) is 0 Å². The molecule has 3 atom stereocenters. The number of fused-ring (bicyclic) bond motifs is 1. The standard InChI is InChI=1S/C29H34N4O5S/c1-30-25(34)23(18-19-10-3-2-4-11-19)32-17-9-14-22(29(32)38)31-26(35)24(39)15-7-8-16-33-27(36)20-12-5-6-13-21(20)28(33)37/h2-6,10-13,22-24,39H,7-9,14-18H2,1H3,(H,30,34)(H,31,35)/t22?,23-,24-/m0/s1. The summed E-state index contributed by atoms with van der Waals surface area (Å²) in [5.41, 5.74) is 1.78. The Hall–Kier alpha value is -3.66. The van der Waals surface area contributed by atoms with Crippen molar-refractivity contribution in [1.29, 1.82) is 0 Å². The van der Waals surface area contributed by atoms with Crippen molar-refractivity contribution < 1.29 is 24.0 Å². The lowest BCUT2D eigenvalue weighted by Crippen LogP contribution is -2.59. The Morgan fingerprint density at radius 2 is 1.59 bits per heavy atom. The average Bonchev–Trinajstić information content (AvgIpc) is 3.20. The van der Waals surface area contributed by atoms with Crippen LogP contribution in [0.15, 0.2) is 54.6 Å². The summed E-state index contributed by atoms with van der Waals surface area (Å²) < 4.78 is 0. The first-order valence-electron chi connectivity index (χ1n) is 13.3. The Balaban J connectivity index is 1.27. The van der Waals surface area contributed by atoms with Gasteiger partial charge in [0, 0.05) is 26.6 Å². The first-order chi connectivity index (χ1) is 18.8. The Morgan fingerprint density at radius 3 is 2.23 bits per heavy atom. The molecule has 9 nitrogen and oxygen atoms in total. The quantitative estimate of drug-likeness (QED) is 0.225. The largest absolute Gasteiger partial charge is 0.357 e. The molecule has 5 amide bonds. The number of amides is 5. The normalized spacial score (nSPS) is 18.5. The molecular weight excluding hydrogens is 516 g/mol. The van der Waals surface area contributed by atoms with Gasteiger partial charge in [-0.2, -0.15) is 12.6 Å². The second-order valence-electron chi connectivity index (χ2n) is 9.87. The maximum Gasteiger partial charge on any atom is 0.261 e. The predicted octanol–water partition coefficient (Wildman–Crippen LogP) is 2.22. The van der Waals surface area contributed by atoms with Crippen LogP contribution in [0, 0.1) is 0 Å². The van der Waals surface area contributed by atoms with Gasteiger partial charge in [-0.25, -0.2) is 0 Å². The number of nitrogens with zero attached hydrogens (tertiary/aromatic N) is 2. The minimum atomic E-state index is -0.720. The minimum Gasteiger partial charge on any atom is -0.357 e. The highest BCUT2D eigenvalue weighted by atomic mass is 32.1. The van der Waals surface area contributed by atoms with E-state index in [1.165, 1.54) is 4.90 Å². The van der Waals surface area contributed by atoms with E-state index in [1.807, 2.05) is 30.3 Å². The summed E-state index contributed by atoms with van der Waals surface area (Å²) in [6, 6.07) is 14.9. The van der Waals surface area contributed by atoms with Crippen LogP contribution >= 0.6 is 12.6 Å². The number of hydrogen-bond donors (Lipinski definition) is 3. The van der Waals surface area contributed by atoms with Crippen molar-refractivity contribution in [1.82, 2.24) is 20.4 Å². The lowest BCUT2D eigenvalue weighted by atomic mass is 9.98. The fourth-order valence-corrected chi connectivity index (χ4v) is 5.40. The summed E-state index contributed by atoms with van der Waals surface area (Å²) in [6.07, 6.45) is 3.09. The van der Waals surface area contributed by atoms with Crippen molar-refractivity contribution >= 4 is 42.2 Å². The van der Waals surface area contributed by atoms with E-state index < -0.39 is 17.3 Å². The summed E-state index contributed by atoms with van der Waals surface area (Å²) in [5.74, 6) is -1.45. The summed E-state index contributed by atoms with van der Waals surface area (Å²) in [6.45, 7) is 0.713. The van der Waals surface area contributed by atoms with Gasteiger partial charge in [0.25, 0.3) is 11.8 Å². The van der Waals surface area contributed by atoms with Gasteiger partial charge in [-0.15, -0.1) is 0 Å². The Kier molecular flexibility index (Phi) is 9.40. The van der Waals surface area contributed by atoms with Crippen LogP contribution in [0.25, 0.3) is 0 Å². The molecule has 1 unspecified atom stereocenters. The maximum atomic E-state index is 13.3. The number of nitrogens with one attached hydrogen (secondary N) is 2. The van der Waals surface area contributed by atoms with Gasteiger partial charge in [-0.3, -0.25) is 28.9 Å². The van der Waals surface area contributed by atoms with E-state index in [0.29, 0.717) is 56.2 Å². The smallest absolute Gasteiger partial charge is 0.261 e. The monoisotopic (exact) mass is 550 g/mol. The molecule has 0 bridgehead atoms. The van der Waals surface area contributed by atoms with Crippen molar-refractivity contribution in [2.75, 3.05) is 20.1 Å². The number of thiol groups is 1. The first kappa shape index (κ1) is 28.4. The fraction of sp³-hybridized carbons (Fsp3) is 0.414. The van der Waals surface area contributed by atoms with Crippen LogP contribution in [-0.2, 0) is 20.8 Å². The molecule has 10 heteroatoms. The molecule has 0 radical (unpaired) electrons. The lowest BCUT2D eigenvalue weighted by Gasteiger charge is -2.37. The summed E-state index contributed by atoms with van der Waals surface area (Å²) in [7, 11) is 1.55. The second-order valence-corrected chi connectivity index (χ2v) is 10.5. The number of carbonyl (C=O) groups excluding carboxylic acids is 5. The van der Waals surface area contributed by atoms with Gasteiger partial charge in [-0.1, -0.05) is 48.9 Å². The van der Waals surface area contributed by atoms with Gasteiger partial charge in [0.15, 0.2) is 0 Å². The molecule has 2 aliphatic heterocycles. The van der Waals surface area contributed by atoms with Crippen molar-refractivity contribution in [2.45, 2.75) is 55.9 Å². The van der Waals surface area contributed by atoms with E-state index in [0.717, 1.165) is 5.56 Å². The highest BCUT2D eigenvalue weighted by Crippen LogP contribution is 2.23. The molecule has 206 valence electrons. The van der Waals surface area contributed by atoms with Gasteiger partial charge in [0.2, 0.25) is 17.7 Å². The number of unbranched alkanes of at least 4 members (excludes halogenated alkanes) is 1. The molecule has 2 N–H and O–H groups in total. The molecule has 0 saturated carbocycles. The zero-order valence-corrected chi connectivity index (χ0v) is 22.9. The van der Waals surface area contributed by atoms with Gasteiger partial charge in [-0.05, 0) is 43.4 Å². The highest BCUT2D eigenvalue weighted by molar-refractivity contribution is 7.81. The zero-order chi connectivity index (χ0) is 27.9. The number of benzene rings is 2. The lowest BCUT2D eigenvalue weighted by molar-refractivity contribution is -0.145. The van der Waals surface area contributed by atoms with Crippen molar-refractivity contribution in [3.8, 4) is 0 Å². The van der Waals surface area contributed by atoms with Gasteiger partial charge in [0.05, 0.1) is 16.4 Å². The Morgan fingerprint density at radius 1 is 0.949 bits per heavy atom. The SMILES string of the molecule is CNC(=O)[C@H](Cc1ccccc1)N1CCCC(NC(=O)[C@@H](S)CCCCN2C(=O)c3ccccc3C2=O)C1=O. The van der Waals surface area contributed by atoms with Crippen LogP contribution in [-0.4, -0.2) is 76.8 Å². The Labute approximate surface area is 233 Å². The average molecular weight is 551 g/mol. The Bertz CT molecular complexity index is 1200. The highest BCUT2D eigenvalue weighted by Gasteiger charge is 2.38. The third-order valence-electron chi connectivity index (χ3n) is 7.28. The molecular formula is C29H34N4O5S. The van der Waals surface area contributed by atoms with Crippen LogP contribution in [0.1, 0.15) is 58.4 Å². The van der Waals surface area contributed by atoms with Crippen LogP contribution < -0.4 is 10.6 Å². The second kappa shape index (κ2) is 12.9. The van der Waals surface area contributed by atoms with Crippen molar-refractivity contribution in [2.24, 2.45) is 0 Å². The topological polar surface area (TPSA) is 116 Å². The van der Waals surface area contributed by atoms with E-state index in [1.54, 1.807) is 36.2 Å². The fourth-order valence-electron chi connectivity index (χ4n) is 5.14. The number of piperidine rings is 1. The molecule has 0 aliphatic carbocycles. The number of rotatable bonds is 11. The van der Waals surface area contributed by atoms with E-state index in [-0.39, 0.29) is 36.1 Å². The van der Waals surface area contributed by atoms with Crippen LogP contribution in [0.2, 0.25) is 0 Å². The molecule has 1 fully saturated rings. The summed E-state index contributed by atoms with van der Waals surface area (Å²) in [5, 5.41) is 4.84. The molecule has 4 rings (SSSR count). The third-order valence-corrected chi connectivity index (χ3v) is 7.77. The first-order valence-corrected chi connectivity index (χ1v) is 13.8. The van der Waals surface area contributed by atoms with Gasteiger partial charge in [0.1, 0.15) is 12.1 Å². The number of imide groups is 1. The number of likely N-dealkylation sites (N-methyl/N-ethyl adjacent to an activating group) is 1. The number of likely N-dealkylation sites (tertiary alicyclic amines) is 1. The molecule has 2 heterocycles. The molecule has 1 saturated heterocycles. The molecule has 2 aliphatic rings. The molecule has 2 aromatic rings. The van der Waals surface area contributed by atoms with Crippen molar-refractivity contribution in [3.05, 3.63) is 71.3 Å². The van der Waals surface area contributed by atoms with Crippen molar-refractivity contribution in [3.63, 3.8) is 0 Å². The van der Waals surface area contributed by atoms with E-state index in [9.17, 15) is 24.0 Å². The summed E-state index contributed by atoms with van der Waals surface area (Å²) >= 11 is 4.44. The molecule has 0 spiro atoms. The molecule has 0 aromatic heterocycles. The minimum absolute atomic E-state index is 0.246. The van der Waals surface area contributed by atoms with Gasteiger partial charge < -0.3 is 15.5 Å². The molecule has 39 heavy (non-hydrogen) atoms. The maximum absolute atomic E-state index is 13.3. The molecule has 2 aromatic carbocycles. The summed E-state index contributed by atoms with van der Waals surface area (Å²) in [4.78, 5) is 66.7. The van der Waals surface area contributed by atoms with E-state index in [2.05, 4.69) is 23.3 Å². The predicted molar refractivity (Wildman–Crippen MR) is 149 cm³/mol. The van der Waals surface area contributed by atoms with Crippen LogP contribution in [0.4, 0.5) is 0 Å². The van der Waals surface area contributed by atoms with Crippen LogP contribution in [0.3, 0.4) is 0 Å². The van der Waals surface area contributed by atoms with E-state index >= 15 is 0 Å².